The lowest BCUT2D eigenvalue weighted by Gasteiger charge is -2.26. The molecular formula is C18H19NO4S. The molecule has 5 nitrogen and oxygen atoms in total. The lowest BCUT2D eigenvalue weighted by Crippen LogP contribution is -2.39. The predicted octanol–water partition coefficient (Wildman–Crippen LogP) is 2.68. The predicted molar refractivity (Wildman–Crippen MR) is 91.4 cm³/mol. The first-order chi connectivity index (χ1) is 11.4. The van der Waals surface area contributed by atoms with E-state index in [1.807, 2.05) is 19.1 Å². The summed E-state index contributed by atoms with van der Waals surface area (Å²) in [5, 5.41) is 0. The van der Waals surface area contributed by atoms with E-state index in [1.54, 1.807) is 36.4 Å². The van der Waals surface area contributed by atoms with Crippen molar-refractivity contribution in [3.8, 4) is 0 Å². The largest absolute Gasteiger partial charge is 0.469 e. The number of esters is 1. The lowest BCUT2D eigenvalue weighted by molar-refractivity contribution is -0.140. The number of hydrogen-bond donors (Lipinski definition) is 0. The first kappa shape index (κ1) is 16.5. The van der Waals surface area contributed by atoms with Crippen LogP contribution in [0.4, 0.5) is 5.69 Å². The number of nitrogens with zero attached hydrogens (tertiary/aromatic N) is 1. The molecule has 6 heteroatoms. The highest BCUT2D eigenvalue weighted by molar-refractivity contribution is 7.92. The van der Waals surface area contributed by atoms with Gasteiger partial charge >= 0.3 is 5.97 Å². The molecule has 24 heavy (non-hydrogen) atoms. The number of carbonyl (C=O) groups is 1. The Morgan fingerprint density at radius 2 is 1.83 bits per heavy atom. The molecule has 0 aliphatic carbocycles. The van der Waals surface area contributed by atoms with E-state index in [2.05, 4.69) is 0 Å². The van der Waals surface area contributed by atoms with Crippen LogP contribution in [0.15, 0.2) is 53.4 Å². The van der Waals surface area contributed by atoms with Crippen molar-refractivity contribution in [2.45, 2.75) is 30.7 Å². The minimum atomic E-state index is -3.75. The van der Waals surface area contributed by atoms with Gasteiger partial charge in [0.1, 0.15) is 0 Å². The van der Waals surface area contributed by atoms with Crippen LogP contribution >= 0.6 is 0 Å². The fraction of sp³-hybridized carbons (Fsp3) is 0.278. The van der Waals surface area contributed by atoms with Gasteiger partial charge in [-0.15, -0.1) is 0 Å². The fourth-order valence-corrected chi connectivity index (χ4v) is 4.70. The molecule has 3 rings (SSSR count). The normalized spacial score (nSPS) is 16.8. The maximum atomic E-state index is 13.2. The third-order valence-corrected chi connectivity index (χ3v) is 6.10. The van der Waals surface area contributed by atoms with Crippen LogP contribution in [0.3, 0.4) is 0 Å². The summed E-state index contributed by atoms with van der Waals surface area (Å²) in [6.45, 7) is 1.90. The van der Waals surface area contributed by atoms with E-state index in [0.717, 1.165) is 11.1 Å². The Bertz CT molecular complexity index is 859. The molecule has 1 aliphatic heterocycles. The maximum absolute atomic E-state index is 13.2. The van der Waals surface area contributed by atoms with Gasteiger partial charge in [0.05, 0.1) is 30.2 Å². The van der Waals surface area contributed by atoms with Crippen molar-refractivity contribution in [3.05, 3.63) is 59.7 Å². The average molecular weight is 345 g/mol. The van der Waals surface area contributed by atoms with Gasteiger partial charge in [0.25, 0.3) is 10.0 Å². The van der Waals surface area contributed by atoms with Crippen molar-refractivity contribution < 1.29 is 17.9 Å². The topological polar surface area (TPSA) is 63.7 Å². The second-order valence-electron chi connectivity index (χ2n) is 5.88. The van der Waals surface area contributed by atoms with Gasteiger partial charge in [0.2, 0.25) is 0 Å². The van der Waals surface area contributed by atoms with Crippen LogP contribution in [0.5, 0.6) is 0 Å². The van der Waals surface area contributed by atoms with Gasteiger partial charge in [0, 0.05) is 0 Å². The highest BCUT2D eigenvalue weighted by Crippen LogP contribution is 2.37. The monoisotopic (exact) mass is 345 g/mol. The van der Waals surface area contributed by atoms with Crippen LogP contribution in [0.25, 0.3) is 0 Å². The van der Waals surface area contributed by atoms with Crippen molar-refractivity contribution >= 4 is 21.7 Å². The van der Waals surface area contributed by atoms with Crippen LogP contribution in [0.2, 0.25) is 0 Å². The Morgan fingerprint density at radius 3 is 2.50 bits per heavy atom. The second kappa shape index (κ2) is 6.28. The summed E-state index contributed by atoms with van der Waals surface area (Å²) in [5.41, 5.74) is 2.54. The van der Waals surface area contributed by atoms with Crippen LogP contribution < -0.4 is 4.31 Å². The number of fused-ring (bicyclic) bond motifs is 1. The number of carbonyl (C=O) groups excluding carboxylic acids is 1. The van der Waals surface area contributed by atoms with Crippen molar-refractivity contribution in [2.24, 2.45) is 0 Å². The molecule has 2 aromatic rings. The van der Waals surface area contributed by atoms with Crippen molar-refractivity contribution in [1.82, 2.24) is 0 Å². The molecule has 1 atom stereocenters. The van der Waals surface area contributed by atoms with Gasteiger partial charge in [-0.2, -0.15) is 0 Å². The molecule has 0 fully saturated rings. The molecule has 0 bridgehead atoms. The van der Waals surface area contributed by atoms with Gasteiger partial charge in [-0.1, -0.05) is 35.9 Å². The zero-order valence-corrected chi connectivity index (χ0v) is 14.4. The molecule has 0 N–H and O–H groups in total. The third-order valence-electron chi connectivity index (χ3n) is 4.22. The van der Waals surface area contributed by atoms with E-state index in [-0.39, 0.29) is 11.3 Å². The highest BCUT2D eigenvalue weighted by Gasteiger charge is 2.39. The van der Waals surface area contributed by atoms with E-state index < -0.39 is 22.0 Å². The molecule has 0 spiro atoms. The quantitative estimate of drug-likeness (QED) is 0.799. The Kier molecular flexibility index (Phi) is 4.32. The number of sulfonamides is 1. The van der Waals surface area contributed by atoms with Gasteiger partial charge in [-0.05, 0) is 37.1 Å². The Labute approximate surface area is 141 Å². The van der Waals surface area contributed by atoms with Gasteiger partial charge < -0.3 is 4.74 Å². The van der Waals surface area contributed by atoms with E-state index in [0.29, 0.717) is 12.1 Å². The average Bonchev–Trinajstić information content (AvgIpc) is 2.93. The van der Waals surface area contributed by atoms with Gasteiger partial charge in [-0.25, -0.2) is 8.42 Å². The summed E-state index contributed by atoms with van der Waals surface area (Å²) in [4.78, 5) is 12.0. The first-order valence-corrected chi connectivity index (χ1v) is 9.13. The summed E-state index contributed by atoms with van der Waals surface area (Å²) in [6, 6.07) is 13.6. The first-order valence-electron chi connectivity index (χ1n) is 7.69. The molecule has 0 aromatic heterocycles. The number of anilines is 1. The van der Waals surface area contributed by atoms with Crippen molar-refractivity contribution in [2.75, 3.05) is 11.4 Å². The van der Waals surface area contributed by atoms with E-state index >= 15 is 0 Å². The molecule has 1 heterocycles. The van der Waals surface area contributed by atoms with E-state index in [9.17, 15) is 13.2 Å². The minimum Gasteiger partial charge on any atom is -0.469 e. The van der Waals surface area contributed by atoms with Crippen molar-refractivity contribution in [3.63, 3.8) is 0 Å². The summed E-state index contributed by atoms with van der Waals surface area (Å²) in [6.07, 6.45) is 0.520. The highest BCUT2D eigenvalue weighted by atomic mass is 32.2. The van der Waals surface area contributed by atoms with Crippen LogP contribution in [0, 0.1) is 6.92 Å². The van der Waals surface area contributed by atoms with E-state index in [1.165, 1.54) is 11.4 Å². The molecule has 0 radical (unpaired) electrons. The Hall–Kier alpha value is -2.34. The zero-order valence-electron chi connectivity index (χ0n) is 13.6. The minimum absolute atomic E-state index is 0.0241. The molecule has 2 aromatic carbocycles. The number of para-hydroxylation sites is 1. The molecule has 0 amide bonds. The van der Waals surface area contributed by atoms with Gasteiger partial charge in [-0.3, -0.25) is 9.10 Å². The Morgan fingerprint density at radius 1 is 1.17 bits per heavy atom. The molecule has 1 aliphatic rings. The van der Waals surface area contributed by atoms with Crippen LogP contribution in [0.1, 0.15) is 17.5 Å². The summed E-state index contributed by atoms with van der Waals surface area (Å²) in [5.74, 6) is -0.420. The van der Waals surface area contributed by atoms with Crippen LogP contribution in [-0.4, -0.2) is 27.5 Å². The van der Waals surface area contributed by atoms with E-state index in [4.69, 9.17) is 4.74 Å². The summed E-state index contributed by atoms with van der Waals surface area (Å²) >= 11 is 0. The molecule has 0 saturated heterocycles. The molecule has 126 valence electrons. The molecule has 0 saturated carbocycles. The van der Waals surface area contributed by atoms with Crippen LogP contribution in [-0.2, 0) is 26.0 Å². The lowest BCUT2D eigenvalue weighted by atomic mass is 10.1. The number of hydrogen-bond acceptors (Lipinski definition) is 4. The third kappa shape index (κ3) is 2.89. The summed E-state index contributed by atoms with van der Waals surface area (Å²) < 4.78 is 32.4. The number of aryl methyl sites for hydroxylation is 1. The number of rotatable bonds is 4. The maximum Gasteiger partial charge on any atom is 0.307 e. The summed E-state index contributed by atoms with van der Waals surface area (Å²) in [7, 11) is -2.44. The second-order valence-corrected chi connectivity index (χ2v) is 7.70. The SMILES string of the molecule is COC(=O)C[C@@H]1Cc2ccccc2N1S(=O)(=O)c1ccc(C)cc1. The molecule has 0 unspecified atom stereocenters. The smallest absolute Gasteiger partial charge is 0.307 e. The number of methoxy groups -OCH3 is 1. The molecular weight excluding hydrogens is 326 g/mol. The van der Waals surface area contributed by atoms with Crippen molar-refractivity contribution in [1.29, 1.82) is 0 Å². The standard InChI is InChI=1S/C18H19NO4S/c1-13-7-9-16(10-8-13)24(21,22)19-15(12-18(20)23-2)11-14-5-3-4-6-17(14)19/h3-10,15H,11-12H2,1-2H3/t15-/m0/s1. The zero-order chi connectivity index (χ0) is 17.3. The number of ether oxygens (including phenoxy) is 1. The number of benzene rings is 2. The Balaban J connectivity index is 2.06. The van der Waals surface area contributed by atoms with Gasteiger partial charge in [0.15, 0.2) is 0 Å². The fourth-order valence-electron chi connectivity index (χ4n) is 3.01.